The lowest BCUT2D eigenvalue weighted by Gasteiger charge is -2.16. The highest BCUT2D eigenvalue weighted by atomic mass is 16.5. The molecule has 0 bridgehead atoms. The maximum absolute atomic E-state index is 12.7. The first-order chi connectivity index (χ1) is 12.1. The molecule has 2 atom stereocenters. The summed E-state index contributed by atoms with van der Waals surface area (Å²) in [7, 11) is 1.71. The molecule has 0 radical (unpaired) electrons. The van der Waals surface area contributed by atoms with Gasteiger partial charge in [-0.05, 0) is 32.0 Å². The molecule has 0 aliphatic carbocycles. The van der Waals surface area contributed by atoms with E-state index in [9.17, 15) is 4.79 Å². The van der Waals surface area contributed by atoms with E-state index in [-0.39, 0.29) is 17.7 Å². The summed E-state index contributed by atoms with van der Waals surface area (Å²) in [4.78, 5) is 19.1. The Morgan fingerprint density at radius 2 is 2.16 bits per heavy atom. The van der Waals surface area contributed by atoms with Crippen molar-refractivity contribution in [2.45, 2.75) is 32.7 Å². The van der Waals surface area contributed by atoms with Crippen LogP contribution in [0.4, 0.5) is 0 Å². The molecule has 1 aliphatic heterocycles. The Morgan fingerprint density at radius 3 is 2.80 bits per heavy atom. The van der Waals surface area contributed by atoms with Crippen LogP contribution in [0.2, 0.25) is 0 Å². The maximum Gasteiger partial charge on any atom is 0.224 e. The maximum atomic E-state index is 12.7. The van der Waals surface area contributed by atoms with Crippen molar-refractivity contribution in [1.29, 1.82) is 0 Å². The van der Waals surface area contributed by atoms with Gasteiger partial charge in [0, 0.05) is 62.6 Å². The largest absolute Gasteiger partial charge is 0.384 e. The van der Waals surface area contributed by atoms with E-state index in [0.29, 0.717) is 26.1 Å². The summed E-state index contributed by atoms with van der Waals surface area (Å²) in [5.41, 5.74) is 3.12. The molecule has 1 saturated heterocycles. The molecule has 3 rings (SSSR count). The van der Waals surface area contributed by atoms with Crippen LogP contribution in [-0.2, 0) is 16.1 Å². The van der Waals surface area contributed by atoms with Gasteiger partial charge in [0.1, 0.15) is 0 Å². The van der Waals surface area contributed by atoms with Gasteiger partial charge in [0.05, 0.1) is 12.3 Å². The van der Waals surface area contributed by atoms with Gasteiger partial charge in [0.15, 0.2) is 0 Å². The van der Waals surface area contributed by atoms with Crippen LogP contribution < -0.4 is 0 Å². The average Bonchev–Trinajstić information content (AvgIpc) is 3.17. The zero-order chi connectivity index (χ0) is 17.8. The third-order valence-corrected chi connectivity index (χ3v) is 4.88. The zero-order valence-electron chi connectivity index (χ0n) is 15.2. The molecule has 2 aromatic rings. The van der Waals surface area contributed by atoms with E-state index < -0.39 is 0 Å². The van der Waals surface area contributed by atoms with Crippen molar-refractivity contribution in [2.75, 3.05) is 26.8 Å². The summed E-state index contributed by atoms with van der Waals surface area (Å²) in [6.45, 7) is 6.69. The van der Waals surface area contributed by atoms with Crippen LogP contribution in [0.1, 0.15) is 29.4 Å². The lowest BCUT2D eigenvalue weighted by atomic mass is 9.93. The monoisotopic (exact) mass is 342 g/mol. The summed E-state index contributed by atoms with van der Waals surface area (Å²) in [6.07, 6.45) is 2.28. The van der Waals surface area contributed by atoms with Crippen molar-refractivity contribution in [3.8, 4) is 0 Å². The average molecular weight is 342 g/mol. The van der Waals surface area contributed by atoms with E-state index in [2.05, 4.69) is 10.1 Å². The molecule has 25 heavy (non-hydrogen) atoms. The Hall–Kier alpha value is -2.21. The smallest absolute Gasteiger partial charge is 0.224 e. The van der Waals surface area contributed by atoms with Crippen LogP contribution in [0.15, 0.2) is 30.5 Å². The van der Waals surface area contributed by atoms with Crippen molar-refractivity contribution < 1.29 is 9.53 Å². The minimum Gasteiger partial charge on any atom is -0.384 e. The number of rotatable bonds is 6. The first-order valence-corrected chi connectivity index (χ1v) is 8.77. The molecule has 2 aromatic heterocycles. The third kappa shape index (κ3) is 4.07. The molecule has 0 spiro atoms. The van der Waals surface area contributed by atoms with Crippen molar-refractivity contribution in [1.82, 2.24) is 19.7 Å². The van der Waals surface area contributed by atoms with Gasteiger partial charge in [-0.15, -0.1) is 0 Å². The topological polar surface area (TPSA) is 60.2 Å². The van der Waals surface area contributed by atoms with Crippen molar-refractivity contribution >= 4 is 5.91 Å². The summed E-state index contributed by atoms with van der Waals surface area (Å²) in [5, 5.41) is 4.43. The van der Waals surface area contributed by atoms with Crippen LogP contribution in [0.3, 0.4) is 0 Å². The van der Waals surface area contributed by atoms with Crippen LogP contribution in [-0.4, -0.2) is 52.4 Å². The molecular weight excluding hydrogens is 316 g/mol. The highest BCUT2D eigenvalue weighted by molar-refractivity contribution is 5.76. The number of hydrogen-bond acceptors (Lipinski definition) is 4. The first-order valence-electron chi connectivity index (χ1n) is 8.77. The van der Waals surface area contributed by atoms with Crippen molar-refractivity contribution in [3.05, 3.63) is 47.5 Å². The van der Waals surface area contributed by atoms with Gasteiger partial charge < -0.3 is 9.64 Å². The summed E-state index contributed by atoms with van der Waals surface area (Å²) in [6, 6.07) is 7.99. The lowest BCUT2D eigenvalue weighted by molar-refractivity contribution is -0.130. The lowest BCUT2D eigenvalue weighted by Crippen LogP contribution is -2.30. The molecule has 0 unspecified atom stereocenters. The fraction of sp³-hybridized carbons (Fsp3) is 0.526. The fourth-order valence-electron chi connectivity index (χ4n) is 3.65. The number of carbonyl (C=O) groups is 1. The van der Waals surface area contributed by atoms with Crippen LogP contribution >= 0.6 is 0 Å². The van der Waals surface area contributed by atoms with Crippen molar-refractivity contribution in [3.63, 3.8) is 0 Å². The number of carbonyl (C=O) groups excluding carboxylic acids is 1. The molecule has 0 aromatic carbocycles. The molecule has 1 fully saturated rings. The highest BCUT2D eigenvalue weighted by Gasteiger charge is 2.36. The number of hydrogen-bond donors (Lipinski definition) is 0. The SMILES string of the molecule is COC[C@@H]1CN(C(=O)CCn2nc(C)cc2C)C[C@H]1c1ccccn1. The van der Waals surface area contributed by atoms with E-state index in [1.54, 1.807) is 7.11 Å². The Balaban J connectivity index is 1.64. The van der Waals surface area contributed by atoms with E-state index in [4.69, 9.17) is 4.74 Å². The Kier molecular flexibility index (Phi) is 5.48. The summed E-state index contributed by atoms with van der Waals surface area (Å²) in [5.74, 6) is 0.698. The van der Waals surface area contributed by atoms with Gasteiger partial charge in [-0.3, -0.25) is 14.5 Å². The first kappa shape index (κ1) is 17.6. The number of methoxy groups -OCH3 is 1. The second-order valence-corrected chi connectivity index (χ2v) is 6.78. The third-order valence-electron chi connectivity index (χ3n) is 4.88. The quantitative estimate of drug-likeness (QED) is 0.807. The number of amides is 1. The van der Waals surface area contributed by atoms with E-state index in [1.807, 2.05) is 53.9 Å². The Bertz CT molecular complexity index is 713. The molecule has 0 N–H and O–H groups in total. The second kappa shape index (κ2) is 7.78. The number of pyridine rings is 1. The van der Waals surface area contributed by atoms with Crippen molar-refractivity contribution in [2.24, 2.45) is 5.92 Å². The molecule has 1 aliphatic rings. The van der Waals surface area contributed by atoms with E-state index in [1.165, 1.54) is 0 Å². The van der Waals surface area contributed by atoms with Gasteiger partial charge >= 0.3 is 0 Å². The molecule has 134 valence electrons. The summed E-state index contributed by atoms with van der Waals surface area (Å²) >= 11 is 0. The molecule has 1 amide bonds. The molecule has 6 heteroatoms. The summed E-state index contributed by atoms with van der Waals surface area (Å²) < 4.78 is 7.28. The Morgan fingerprint density at radius 1 is 1.32 bits per heavy atom. The predicted molar refractivity (Wildman–Crippen MR) is 95.2 cm³/mol. The van der Waals surface area contributed by atoms with E-state index >= 15 is 0 Å². The van der Waals surface area contributed by atoms with Gasteiger partial charge in [0.2, 0.25) is 5.91 Å². The van der Waals surface area contributed by atoms with Gasteiger partial charge in [-0.25, -0.2) is 0 Å². The Labute approximate surface area is 148 Å². The number of ether oxygens (including phenoxy) is 1. The second-order valence-electron chi connectivity index (χ2n) is 6.78. The zero-order valence-corrected chi connectivity index (χ0v) is 15.2. The fourth-order valence-corrected chi connectivity index (χ4v) is 3.65. The van der Waals surface area contributed by atoms with Gasteiger partial charge in [-0.2, -0.15) is 5.10 Å². The van der Waals surface area contributed by atoms with Crippen LogP contribution in [0.5, 0.6) is 0 Å². The molecule has 0 saturated carbocycles. The molecular formula is C19H26N4O2. The normalized spacial score (nSPS) is 20.2. The van der Waals surface area contributed by atoms with Gasteiger partial charge in [-0.1, -0.05) is 6.07 Å². The van der Waals surface area contributed by atoms with E-state index in [0.717, 1.165) is 23.6 Å². The molecule has 3 heterocycles. The minimum atomic E-state index is 0.173. The number of aryl methyl sites for hydroxylation is 3. The number of aromatic nitrogens is 3. The predicted octanol–water partition coefficient (Wildman–Crippen LogP) is 2.17. The van der Waals surface area contributed by atoms with Crippen LogP contribution in [0, 0.1) is 19.8 Å². The van der Waals surface area contributed by atoms with Gasteiger partial charge in [0.25, 0.3) is 0 Å². The number of likely N-dealkylation sites (tertiary alicyclic amines) is 1. The number of nitrogens with zero attached hydrogens (tertiary/aromatic N) is 4. The van der Waals surface area contributed by atoms with Crippen LogP contribution in [0.25, 0.3) is 0 Å². The standard InChI is InChI=1S/C19H26N4O2/c1-14-10-15(2)23(21-14)9-7-19(24)22-11-16(13-25-3)17(12-22)18-6-4-5-8-20-18/h4-6,8,10,16-17H,7,9,11-13H2,1-3H3/t16-,17+/m0/s1. The minimum absolute atomic E-state index is 0.173. The molecule has 6 nitrogen and oxygen atoms in total. The highest BCUT2D eigenvalue weighted by Crippen LogP contribution is 2.32.